The summed E-state index contributed by atoms with van der Waals surface area (Å²) in [6.07, 6.45) is 2.87. The van der Waals surface area contributed by atoms with Gasteiger partial charge in [-0.1, -0.05) is 5.16 Å². The zero-order valence-electron chi connectivity index (χ0n) is 7.96. The maximum atomic E-state index is 5.42. The van der Waals surface area contributed by atoms with Crippen molar-refractivity contribution in [1.82, 2.24) is 15.1 Å². The fourth-order valence-corrected chi connectivity index (χ4v) is 1.02. The minimum Gasteiger partial charge on any atom is -0.484 e. The second-order valence-corrected chi connectivity index (χ2v) is 2.83. The van der Waals surface area contributed by atoms with Gasteiger partial charge in [0.1, 0.15) is 5.75 Å². The van der Waals surface area contributed by atoms with Crippen molar-refractivity contribution in [3.63, 3.8) is 0 Å². The lowest BCUT2D eigenvalue weighted by Gasteiger charge is -2.02. The van der Waals surface area contributed by atoms with Gasteiger partial charge in [-0.2, -0.15) is 4.98 Å². The Balaban J connectivity index is 1.93. The third-order valence-electron chi connectivity index (χ3n) is 1.78. The molecule has 0 fully saturated rings. The molecule has 0 aliphatic heterocycles. The number of nitrogens with zero attached hydrogens (tertiary/aromatic N) is 3. The number of ether oxygens (including phenoxy) is 1. The van der Waals surface area contributed by atoms with Gasteiger partial charge < -0.3 is 15.0 Å². The highest BCUT2D eigenvalue weighted by atomic mass is 16.5. The molecule has 2 rings (SSSR count). The summed E-state index contributed by atoms with van der Waals surface area (Å²) in [5.41, 5.74) is 6.24. The molecule has 0 aliphatic rings. The van der Waals surface area contributed by atoms with E-state index in [1.807, 2.05) is 6.07 Å². The van der Waals surface area contributed by atoms with E-state index in [1.54, 1.807) is 12.3 Å². The second-order valence-electron chi connectivity index (χ2n) is 2.83. The van der Waals surface area contributed by atoms with Gasteiger partial charge in [0.05, 0.1) is 11.9 Å². The Hall–Kier alpha value is -1.95. The largest absolute Gasteiger partial charge is 0.484 e. The van der Waals surface area contributed by atoms with Crippen molar-refractivity contribution in [2.45, 2.75) is 13.2 Å². The molecule has 0 saturated heterocycles. The second kappa shape index (κ2) is 4.52. The average molecular weight is 206 g/mol. The molecule has 0 saturated carbocycles. The molecule has 2 heterocycles. The van der Waals surface area contributed by atoms with Gasteiger partial charge in [-0.05, 0) is 12.1 Å². The zero-order chi connectivity index (χ0) is 10.5. The molecule has 2 N–H and O–H groups in total. The summed E-state index contributed by atoms with van der Waals surface area (Å²) in [5, 5.41) is 3.61. The summed E-state index contributed by atoms with van der Waals surface area (Å²) in [7, 11) is 0. The number of hydrogen-bond donors (Lipinski definition) is 1. The van der Waals surface area contributed by atoms with Crippen LogP contribution in [0.3, 0.4) is 0 Å². The lowest BCUT2D eigenvalue weighted by Crippen LogP contribution is -2.01. The van der Waals surface area contributed by atoms with Crippen molar-refractivity contribution in [3.8, 4) is 5.75 Å². The molecule has 6 heteroatoms. The van der Waals surface area contributed by atoms with E-state index in [2.05, 4.69) is 19.6 Å². The molecular formula is C9H10N4O2. The van der Waals surface area contributed by atoms with Crippen molar-refractivity contribution < 1.29 is 9.26 Å². The van der Waals surface area contributed by atoms with Crippen LogP contribution in [0.25, 0.3) is 0 Å². The molecular weight excluding hydrogens is 196 g/mol. The van der Waals surface area contributed by atoms with Crippen LogP contribution in [0.1, 0.15) is 11.5 Å². The highest BCUT2D eigenvalue weighted by Gasteiger charge is 2.00. The number of aromatic nitrogens is 3. The van der Waals surface area contributed by atoms with E-state index in [1.165, 1.54) is 6.39 Å². The lowest BCUT2D eigenvalue weighted by atomic mass is 10.3. The molecule has 0 radical (unpaired) electrons. The first-order valence-electron chi connectivity index (χ1n) is 4.41. The molecule has 0 unspecified atom stereocenters. The van der Waals surface area contributed by atoms with Crippen LogP contribution in [0, 0.1) is 0 Å². The summed E-state index contributed by atoms with van der Waals surface area (Å²) in [6, 6.07) is 3.61. The third kappa shape index (κ3) is 2.50. The molecule has 0 aliphatic carbocycles. The maximum absolute atomic E-state index is 5.42. The third-order valence-corrected chi connectivity index (χ3v) is 1.78. The van der Waals surface area contributed by atoms with Crippen molar-refractivity contribution in [1.29, 1.82) is 0 Å². The first kappa shape index (κ1) is 9.60. The van der Waals surface area contributed by atoms with Crippen LogP contribution in [0.5, 0.6) is 5.75 Å². The van der Waals surface area contributed by atoms with Crippen molar-refractivity contribution >= 4 is 0 Å². The first-order valence-corrected chi connectivity index (χ1v) is 4.41. The van der Waals surface area contributed by atoms with Crippen LogP contribution in [-0.2, 0) is 13.2 Å². The van der Waals surface area contributed by atoms with Gasteiger partial charge in [0.2, 0.25) is 12.2 Å². The minimum atomic E-state index is 0.264. The summed E-state index contributed by atoms with van der Waals surface area (Å²) < 4.78 is 9.93. The quantitative estimate of drug-likeness (QED) is 0.783. The Morgan fingerprint density at radius 3 is 2.87 bits per heavy atom. The number of nitrogens with two attached hydrogens (primary N) is 1. The van der Waals surface area contributed by atoms with Crippen molar-refractivity contribution in [3.05, 3.63) is 36.2 Å². The molecule has 78 valence electrons. The Bertz CT molecular complexity index is 399. The van der Waals surface area contributed by atoms with E-state index in [9.17, 15) is 0 Å². The predicted molar refractivity (Wildman–Crippen MR) is 50.8 cm³/mol. The van der Waals surface area contributed by atoms with Crippen molar-refractivity contribution in [2.24, 2.45) is 5.73 Å². The van der Waals surface area contributed by atoms with E-state index < -0.39 is 0 Å². The van der Waals surface area contributed by atoms with E-state index in [-0.39, 0.29) is 6.61 Å². The van der Waals surface area contributed by atoms with E-state index >= 15 is 0 Å². The Kier molecular flexibility index (Phi) is 2.89. The molecule has 0 amide bonds. The van der Waals surface area contributed by atoms with Crippen LogP contribution >= 0.6 is 0 Å². The number of rotatable bonds is 4. The first-order chi connectivity index (χ1) is 7.38. The molecule has 0 bridgehead atoms. The fourth-order valence-electron chi connectivity index (χ4n) is 1.02. The van der Waals surface area contributed by atoms with Crippen LogP contribution < -0.4 is 10.5 Å². The standard InChI is InChI=1S/C9H10N4O2/c10-3-7-1-2-8(4-11-7)14-5-9-12-6-15-13-9/h1-2,4,6H,3,5,10H2. The molecule has 2 aromatic rings. The summed E-state index contributed by atoms with van der Waals surface area (Å²) in [6.45, 7) is 0.686. The predicted octanol–water partition coefficient (Wildman–Crippen LogP) is 0.502. The monoisotopic (exact) mass is 206 g/mol. The normalized spacial score (nSPS) is 10.2. The smallest absolute Gasteiger partial charge is 0.213 e. The Labute approximate surface area is 86.1 Å². The molecule has 15 heavy (non-hydrogen) atoms. The number of pyridine rings is 1. The Morgan fingerprint density at radius 1 is 1.33 bits per heavy atom. The van der Waals surface area contributed by atoms with Gasteiger partial charge in [-0.25, -0.2) is 0 Å². The molecule has 0 spiro atoms. The van der Waals surface area contributed by atoms with Gasteiger partial charge in [-0.3, -0.25) is 4.98 Å². The van der Waals surface area contributed by atoms with Gasteiger partial charge in [0.15, 0.2) is 6.61 Å². The minimum absolute atomic E-state index is 0.264. The van der Waals surface area contributed by atoms with Crippen LogP contribution in [-0.4, -0.2) is 15.1 Å². The van der Waals surface area contributed by atoms with E-state index in [0.717, 1.165) is 5.69 Å². The Morgan fingerprint density at radius 2 is 2.27 bits per heavy atom. The zero-order valence-corrected chi connectivity index (χ0v) is 7.96. The van der Waals surface area contributed by atoms with E-state index in [4.69, 9.17) is 10.5 Å². The lowest BCUT2D eigenvalue weighted by molar-refractivity contribution is 0.285. The van der Waals surface area contributed by atoms with Crippen LogP contribution in [0.4, 0.5) is 0 Å². The maximum Gasteiger partial charge on any atom is 0.213 e. The van der Waals surface area contributed by atoms with Gasteiger partial charge in [-0.15, -0.1) is 0 Å². The van der Waals surface area contributed by atoms with E-state index in [0.29, 0.717) is 18.1 Å². The molecule has 0 atom stereocenters. The summed E-state index contributed by atoms with van der Waals surface area (Å²) in [4.78, 5) is 7.90. The topological polar surface area (TPSA) is 87.1 Å². The van der Waals surface area contributed by atoms with Crippen LogP contribution in [0.2, 0.25) is 0 Å². The summed E-state index contributed by atoms with van der Waals surface area (Å²) >= 11 is 0. The van der Waals surface area contributed by atoms with Gasteiger partial charge in [0, 0.05) is 6.54 Å². The number of hydrogen-bond acceptors (Lipinski definition) is 6. The highest BCUT2D eigenvalue weighted by molar-refractivity contribution is 5.19. The molecule has 0 aromatic carbocycles. The SMILES string of the molecule is NCc1ccc(OCc2ncon2)cn1. The van der Waals surface area contributed by atoms with Gasteiger partial charge in [0.25, 0.3) is 0 Å². The molecule has 2 aromatic heterocycles. The highest BCUT2D eigenvalue weighted by Crippen LogP contribution is 2.10. The molecule has 6 nitrogen and oxygen atoms in total. The summed E-state index contributed by atoms with van der Waals surface area (Å²) in [5.74, 6) is 1.15. The van der Waals surface area contributed by atoms with Gasteiger partial charge >= 0.3 is 0 Å². The fraction of sp³-hybridized carbons (Fsp3) is 0.222. The average Bonchev–Trinajstić information content (AvgIpc) is 2.80. The van der Waals surface area contributed by atoms with Crippen molar-refractivity contribution in [2.75, 3.05) is 0 Å². The van der Waals surface area contributed by atoms with Crippen LogP contribution in [0.15, 0.2) is 29.2 Å².